The molecule has 1 saturated carbocycles. The Morgan fingerprint density at radius 3 is 2.75 bits per heavy atom. The van der Waals surface area contributed by atoms with Gasteiger partial charge >= 0.3 is 0 Å². The first-order valence-electron chi connectivity index (χ1n) is 6.28. The molecule has 1 aliphatic carbocycles. The minimum atomic E-state index is -0.556. The Balaban J connectivity index is 2.01. The van der Waals surface area contributed by atoms with Crippen molar-refractivity contribution in [1.82, 2.24) is 4.90 Å². The topological polar surface area (TPSA) is 46.3 Å². The van der Waals surface area contributed by atoms with Crippen molar-refractivity contribution in [2.24, 2.45) is 11.7 Å². The lowest BCUT2D eigenvalue weighted by Crippen LogP contribution is -2.58. The first kappa shape index (κ1) is 12.2. The van der Waals surface area contributed by atoms with Crippen molar-refractivity contribution in [2.45, 2.75) is 38.1 Å². The highest BCUT2D eigenvalue weighted by Crippen LogP contribution is 2.32. The second kappa shape index (κ2) is 4.96. The molecule has 0 spiro atoms. The number of thioether (sulfide) groups is 1. The van der Waals surface area contributed by atoms with E-state index in [0.717, 1.165) is 43.9 Å². The quantitative estimate of drug-likeness (QED) is 0.757. The lowest BCUT2D eigenvalue weighted by molar-refractivity contribution is -0.138. The third-order valence-electron chi connectivity index (χ3n) is 3.76. The van der Waals surface area contributed by atoms with E-state index in [4.69, 9.17) is 5.73 Å². The summed E-state index contributed by atoms with van der Waals surface area (Å²) in [6.45, 7) is 3.98. The predicted octanol–water partition coefficient (Wildman–Crippen LogP) is 1.47. The number of carbonyl (C=O) groups is 1. The van der Waals surface area contributed by atoms with Gasteiger partial charge in [0.25, 0.3) is 0 Å². The van der Waals surface area contributed by atoms with Crippen molar-refractivity contribution < 1.29 is 4.79 Å². The number of nitrogens with zero attached hydrogens (tertiary/aromatic N) is 1. The Labute approximate surface area is 102 Å². The third kappa shape index (κ3) is 2.54. The van der Waals surface area contributed by atoms with E-state index >= 15 is 0 Å². The number of rotatable bonds is 1. The van der Waals surface area contributed by atoms with Gasteiger partial charge in [-0.25, -0.2) is 0 Å². The van der Waals surface area contributed by atoms with E-state index in [9.17, 15) is 4.79 Å². The van der Waals surface area contributed by atoms with Gasteiger partial charge in [0.1, 0.15) is 0 Å². The maximum absolute atomic E-state index is 12.4. The molecule has 1 saturated heterocycles. The fraction of sp³-hybridized carbons (Fsp3) is 0.917. The molecule has 1 aliphatic heterocycles. The molecule has 2 aliphatic rings. The SMILES string of the molecule is CC1CCCC(N)(C(=O)N2CCSCC2)C1. The van der Waals surface area contributed by atoms with Gasteiger partial charge < -0.3 is 10.6 Å². The van der Waals surface area contributed by atoms with Crippen LogP contribution in [-0.2, 0) is 4.79 Å². The Morgan fingerprint density at radius 2 is 2.12 bits per heavy atom. The first-order chi connectivity index (χ1) is 7.62. The minimum absolute atomic E-state index is 0.208. The van der Waals surface area contributed by atoms with E-state index in [-0.39, 0.29) is 5.91 Å². The van der Waals surface area contributed by atoms with Crippen LogP contribution in [0.2, 0.25) is 0 Å². The minimum Gasteiger partial charge on any atom is -0.339 e. The summed E-state index contributed by atoms with van der Waals surface area (Å²) in [5.41, 5.74) is 5.77. The molecule has 4 heteroatoms. The van der Waals surface area contributed by atoms with Gasteiger partial charge in [-0.05, 0) is 18.8 Å². The molecule has 2 unspecified atom stereocenters. The van der Waals surface area contributed by atoms with Crippen molar-refractivity contribution in [3.63, 3.8) is 0 Å². The lowest BCUT2D eigenvalue weighted by atomic mass is 9.76. The summed E-state index contributed by atoms with van der Waals surface area (Å²) in [6, 6.07) is 0. The number of hydrogen-bond donors (Lipinski definition) is 1. The summed E-state index contributed by atoms with van der Waals surface area (Å²) in [6.07, 6.45) is 4.07. The predicted molar refractivity (Wildman–Crippen MR) is 68.5 cm³/mol. The number of amides is 1. The Hall–Kier alpha value is -0.220. The molecule has 1 amide bonds. The fourth-order valence-corrected chi connectivity index (χ4v) is 3.77. The molecular formula is C12H22N2OS. The van der Waals surface area contributed by atoms with Crippen LogP contribution in [0.25, 0.3) is 0 Å². The number of nitrogens with two attached hydrogens (primary N) is 1. The van der Waals surface area contributed by atoms with Crippen molar-refractivity contribution in [2.75, 3.05) is 24.6 Å². The Morgan fingerprint density at radius 1 is 1.44 bits per heavy atom. The van der Waals surface area contributed by atoms with Crippen LogP contribution in [0.5, 0.6) is 0 Å². The highest BCUT2D eigenvalue weighted by molar-refractivity contribution is 7.99. The second-order valence-corrected chi connectivity index (χ2v) is 6.49. The molecule has 1 heterocycles. The Bertz CT molecular complexity index is 266. The van der Waals surface area contributed by atoms with Gasteiger partial charge in [0.15, 0.2) is 0 Å². The summed E-state index contributed by atoms with van der Waals surface area (Å²) in [7, 11) is 0. The first-order valence-corrected chi connectivity index (χ1v) is 7.43. The van der Waals surface area contributed by atoms with Gasteiger partial charge in [-0.15, -0.1) is 0 Å². The van der Waals surface area contributed by atoms with Gasteiger partial charge in [-0.2, -0.15) is 11.8 Å². The maximum Gasteiger partial charge on any atom is 0.242 e. The Kier molecular flexibility index (Phi) is 3.80. The zero-order chi connectivity index (χ0) is 11.6. The monoisotopic (exact) mass is 242 g/mol. The molecule has 2 atom stereocenters. The molecule has 2 rings (SSSR count). The highest BCUT2D eigenvalue weighted by atomic mass is 32.2. The van der Waals surface area contributed by atoms with E-state index in [1.807, 2.05) is 16.7 Å². The van der Waals surface area contributed by atoms with E-state index < -0.39 is 5.54 Å². The van der Waals surface area contributed by atoms with Crippen molar-refractivity contribution in [3.05, 3.63) is 0 Å². The molecule has 3 nitrogen and oxygen atoms in total. The van der Waals surface area contributed by atoms with Crippen LogP contribution >= 0.6 is 11.8 Å². The normalized spacial score (nSPS) is 36.1. The zero-order valence-electron chi connectivity index (χ0n) is 10.1. The molecule has 0 aromatic rings. The van der Waals surface area contributed by atoms with E-state index in [0.29, 0.717) is 5.92 Å². The molecule has 0 bridgehead atoms. The summed E-state index contributed by atoms with van der Waals surface area (Å²) in [5, 5.41) is 0. The van der Waals surface area contributed by atoms with Crippen molar-refractivity contribution >= 4 is 17.7 Å². The van der Waals surface area contributed by atoms with Crippen molar-refractivity contribution in [1.29, 1.82) is 0 Å². The number of hydrogen-bond acceptors (Lipinski definition) is 3. The fourth-order valence-electron chi connectivity index (χ4n) is 2.87. The molecule has 92 valence electrons. The van der Waals surface area contributed by atoms with Crippen LogP contribution in [0.4, 0.5) is 0 Å². The average Bonchev–Trinajstić information content (AvgIpc) is 2.29. The van der Waals surface area contributed by atoms with Crippen LogP contribution < -0.4 is 5.73 Å². The summed E-state index contributed by atoms with van der Waals surface area (Å²) >= 11 is 1.93. The molecule has 2 N–H and O–H groups in total. The number of carbonyl (C=O) groups excluding carboxylic acids is 1. The largest absolute Gasteiger partial charge is 0.339 e. The van der Waals surface area contributed by atoms with Crippen LogP contribution in [0, 0.1) is 5.92 Å². The van der Waals surface area contributed by atoms with Crippen molar-refractivity contribution in [3.8, 4) is 0 Å². The lowest BCUT2D eigenvalue weighted by Gasteiger charge is -2.40. The summed E-state index contributed by atoms with van der Waals surface area (Å²) in [4.78, 5) is 14.4. The van der Waals surface area contributed by atoms with E-state index in [1.165, 1.54) is 6.42 Å². The summed E-state index contributed by atoms with van der Waals surface area (Å²) in [5.74, 6) is 2.94. The van der Waals surface area contributed by atoms with Crippen LogP contribution in [-0.4, -0.2) is 40.9 Å². The molecule has 0 aromatic carbocycles. The van der Waals surface area contributed by atoms with Gasteiger partial charge in [0.2, 0.25) is 5.91 Å². The van der Waals surface area contributed by atoms with E-state index in [1.54, 1.807) is 0 Å². The van der Waals surface area contributed by atoms with Gasteiger partial charge in [0, 0.05) is 24.6 Å². The third-order valence-corrected chi connectivity index (χ3v) is 4.70. The maximum atomic E-state index is 12.4. The molecule has 16 heavy (non-hydrogen) atoms. The van der Waals surface area contributed by atoms with Crippen LogP contribution in [0.1, 0.15) is 32.6 Å². The smallest absolute Gasteiger partial charge is 0.242 e. The average molecular weight is 242 g/mol. The molecule has 0 aromatic heterocycles. The van der Waals surface area contributed by atoms with Gasteiger partial charge in [-0.3, -0.25) is 4.79 Å². The second-order valence-electron chi connectivity index (χ2n) is 5.26. The molecule has 2 fully saturated rings. The van der Waals surface area contributed by atoms with E-state index in [2.05, 4.69) is 6.92 Å². The van der Waals surface area contributed by atoms with Crippen LogP contribution in [0.15, 0.2) is 0 Å². The van der Waals surface area contributed by atoms with Gasteiger partial charge in [0.05, 0.1) is 5.54 Å². The highest BCUT2D eigenvalue weighted by Gasteiger charge is 2.40. The molecule has 0 radical (unpaired) electrons. The standard InChI is InChI=1S/C12H22N2OS/c1-10-3-2-4-12(13,9-10)11(15)14-5-7-16-8-6-14/h10H,2-9,13H2,1H3. The van der Waals surface area contributed by atoms with Gasteiger partial charge in [-0.1, -0.05) is 19.8 Å². The molecular weight excluding hydrogens is 220 g/mol. The zero-order valence-corrected chi connectivity index (χ0v) is 10.9. The summed E-state index contributed by atoms with van der Waals surface area (Å²) < 4.78 is 0. The van der Waals surface area contributed by atoms with Crippen LogP contribution in [0.3, 0.4) is 0 Å².